The van der Waals surface area contributed by atoms with Crippen molar-refractivity contribution in [3.05, 3.63) is 54.6 Å². The number of rotatable bonds is 7. The molecule has 25 heavy (non-hydrogen) atoms. The molecule has 134 valence electrons. The fourth-order valence-electron chi connectivity index (χ4n) is 1.91. The Labute approximate surface area is 146 Å². The number of aliphatic hydroxyl groups excluding tert-OH is 2. The number of nitrogens with one attached hydrogen (secondary N) is 2. The topological polar surface area (TPSA) is 116 Å². The molecule has 1 amide bonds. The summed E-state index contributed by atoms with van der Waals surface area (Å²) in [7, 11) is -3.68. The third-order valence-corrected chi connectivity index (χ3v) is 5.09. The standard InChI is InChI=1S/C17H20N2O5S/c1-17(11-20,12-21)16(22)18-13-7-9-14(10-8-13)19-25(23,24)15-5-3-2-4-6-15/h2-10,19-21H,11-12H2,1H3,(H,18,22). The number of sulfonamides is 1. The fraction of sp³-hybridized carbons (Fsp3) is 0.235. The maximum absolute atomic E-state index is 12.2. The molecule has 0 radical (unpaired) electrons. The van der Waals surface area contributed by atoms with Crippen LogP contribution in [0.4, 0.5) is 11.4 Å². The second-order valence-electron chi connectivity index (χ2n) is 5.83. The maximum Gasteiger partial charge on any atom is 0.261 e. The molecule has 0 atom stereocenters. The maximum atomic E-state index is 12.2. The van der Waals surface area contributed by atoms with Gasteiger partial charge in [-0.05, 0) is 43.3 Å². The van der Waals surface area contributed by atoms with E-state index in [1.54, 1.807) is 18.2 Å². The summed E-state index contributed by atoms with van der Waals surface area (Å²) in [6.45, 7) is 0.444. The van der Waals surface area contributed by atoms with E-state index >= 15 is 0 Å². The van der Waals surface area contributed by atoms with E-state index in [1.165, 1.54) is 43.3 Å². The summed E-state index contributed by atoms with van der Waals surface area (Å²) in [6, 6.07) is 14.0. The summed E-state index contributed by atoms with van der Waals surface area (Å²) < 4.78 is 26.9. The molecule has 0 aliphatic heterocycles. The van der Waals surface area contributed by atoms with E-state index < -0.39 is 34.6 Å². The zero-order chi connectivity index (χ0) is 18.5. The lowest BCUT2D eigenvalue weighted by Crippen LogP contribution is -2.39. The molecule has 0 spiro atoms. The number of anilines is 2. The highest BCUT2D eigenvalue weighted by Crippen LogP contribution is 2.21. The minimum Gasteiger partial charge on any atom is -0.395 e. The molecule has 0 saturated carbocycles. The van der Waals surface area contributed by atoms with Crippen LogP contribution in [0.25, 0.3) is 0 Å². The summed E-state index contributed by atoms with van der Waals surface area (Å²) >= 11 is 0. The lowest BCUT2D eigenvalue weighted by atomic mass is 9.92. The van der Waals surface area contributed by atoms with Crippen molar-refractivity contribution in [3.8, 4) is 0 Å². The van der Waals surface area contributed by atoms with E-state index in [4.69, 9.17) is 0 Å². The zero-order valence-electron chi connectivity index (χ0n) is 13.6. The van der Waals surface area contributed by atoms with E-state index in [0.29, 0.717) is 11.4 Å². The molecule has 2 aromatic rings. The predicted octanol–water partition coefficient (Wildman–Crippen LogP) is 1.42. The van der Waals surface area contributed by atoms with Gasteiger partial charge in [0.2, 0.25) is 5.91 Å². The molecule has 7 nitrogen and oxygen atoms in total. The first-order valence-corrected chi connectivity index (χ1v) is 9.00. The molecular weight excluding hydrogens is 344 g/mol. The molecule has 0 saturated heterocycles. The van der Waals surface area contributed by atoms with Crippen LogP contribution in [-0.4, -0.2) is 37.8 Å². The highest BCUT2D eigenvalue weighted by atomic mass is 32.2. The van der Waals surface area contributed by atoms with Gasteiger partial charge in [-0.15, -0.1) is 0 Å². The van der Waals surface area contributed by atoms with E-state index in [1.807, 2.05) is 0 Å². The number of aliphatic hydroxyl groups is 2. The molecule has 0 fully saturated rings. The Balaban J connectivity index is 2.09. The molecule has 8 heteroatoms. The first-order valence-electron chi connectivity index (χ1n) is 7.52. The van der Waals surface area contributed by atoms with Crippen LogP contribution in [-0.2, 0) is 14.8 Å². The van der Waals surface area contributed by atoms with Gasteiger partial charge in [0.15, 0.2) is 0 Å². The molecule has 0 aliphatic carbocycles. The number of carbonyl (C=O) groups is 1. The average molecular weight is 364 g/mol. The molecule has 0 bridgehead atoms. The number of amides is 1. The Hall–Kier alpha value is -2.42. The van der Waals surface area contributed by atoms with Crippen LogP contribution >= 0.6 is 0 Å². The zero-order valence-corrected chi connectivity index (χ0v) is 14.5. The Bertz CT molecular complexity index is 816. The Morgan fingerprint density at radius 1 is 0.960 bits per heavy atom. The monoisotopic (exact) mass is 364 g/mol. The van der Waals surface area contributed by atoms with Gasteiger partial charge in [0, 0.05) is 11.4 Å². The molecular formula is C17H20N2O5S. The van der Waals surface area contributed by atoms with Gasteiger partial charge in [0.25, 0.3) is 10.0 Å². The first kappa shape index (κ1) is 18.9. The number of carbonyl (C=O) groups excluding carboxylic acids is 1. The Morgan fingerprint density at radius 3 is 2.00 bits per heavy atom. The van der Waals surface area contributed by atoms with E-state index in [-0.39, 0.29) is 4.90 Å². The van der Waals surface area contributed by atoms with Gasteiger partial charge in [0.05, 0.1) is 23.5 Å². The second kappa shape index (κ2) is 7.64. The van der Waals surface area contributed by atoms with Crippen LogP contribution in [0, 0.1) is 5.41 Å². The van der Waals surface area contributed by atoms with Crippen molar-refractivity contribution in [1.82, 2.24) is 0 Å². The first-order chi connectivity index (χ1) is 11.8. The number of hydrogen-bond donors (Lipinski definition) is 4. The van der Waals surface area contributed by atoms with Gasteiger partial charge < -0.3 is 15.5 Å². The smallest absolute Gasteiger partial charge is 0.261 e. The fourth-order valence-corrected chi connectivity index (χ4v) is 2.99. The highest BCUT2D eigenvalue weighted by molar-refractivity contribution is 7.92. The molecule has 0 aromatic heterocycles. The van der Waals surface area contributed by atoms with E-state index in [0.717, 1.165) is 0 Å². The van der Waals surface area contributed by atoms with Crippen molar-refractivity contribution in [2.24, 2.45) is 5.41 Å². The van der Waals surface area contributed by atoms with Gasteiger partial charge in [-0.1, -0.05) is 18.2 Å². The van der Waals surface area contributed by atoms with Crippen LogP contribution in [0.5, 0.6) is 0 Å². The SMILES string of the molecule is CC(CO)(CO)C(=O)Nc1ccc(NS(=O)(=O)c2ccccc2)cc1. The molecule has 2 aromatic carbocycles. The molecule has 0 unspecified atom stereocenters. The summed E-state index contributed by atoms with van der Waals surface area (Å²) in [5.41, 5.74) is -0.539. The van der Waals surface area contributed by atoms with Crippen LogP contribution < -0.4 is 10.0 Å². The Morgan fingerprint density at radius 2 is 1.48 bits per heavy atom. The van der Waals surface area contributed by atoms with Crippen molar-refractivity contribution in [1.29, 1.82) is 0 Å². The highest BCUT2D eigenvalue weighted by Gasteiger charge is 2.31. The lowest BCUT2D eigenvalue weighted by molar-refractivity contribution is -0.129. The quantitative estimate of drug-likeness (QED) is 0.593. The summed E-state index contributed by atoms with van der Waals surface area (Å²) in [5.74, 6) is -0.532. The molecule has 0 heterocycles. The number of hydrogen-bond acceptors (Lipinski definition) is 5. The third-order valence-electron chi connectivity index (χ3n) is 3.69. The van der Waals surface area contributed by atoms with Crippen LogP contribution in [0.2, 0.25) is 0 Å². The van der Waals surface area contributed by atoms with Gasteiger partial charge in [-0.3, -0.25) is 9.52 Å². The summed E-state index contributed by atoms with van der Waals surface area (Å²) in [4.78, 5) is 12.2. The Kier molecular flexibility index (Phi) is 5.78. The summed E-state index contributed by atoms with van der Waals surface area (Å²) in [6.07, 6.45) is 0. The van der Waals surface area contributed by atoms with Crippen molar-refractivity contribution in [2.45, 2.75) is 11.8 Å². The molecule has 0 aliphatic rings. The van der Waals surface area contributed by atoms with Gasteiger partial charge >= 0.3 is 0 Å². The lowest BCUT2D eigenvalue weighted by Gasteiger charge is -2.23. The normalized spacial score (nSPS) is 11.8. The summed E-state index contributed by atoms with van der Waals surface area (Å²) in [5, 5.41) is 21.0. The van der Waals surface area contributed by atoms with Crippen molar-refractivity contribution < 1.29 is 23.4 Å². The van der Waals surface area contributed by atoms with Crippen molar-refractivity contribution in [2.75, 3.05) is 23.3 Å². The van der Waals surface area contributed by atoms with Crippen molar-refractivity contribution in [3.63, 3.8) is 0 Å². The van der Waals surface area contributed by atoms with Crippen LogP contribution in [0.3, 0.4) is 0 Å². The molecule has 2 rings (SSSR count). The predicted molar refractivity (Wildman–Crippen MR) is 94.6 cm³/mol. The minimum atomic E-state index is -3.68. The van der Waals surface area contributed by atoms with Gasteiger partial charge in [-0.25, -0.2) is 8.42 Å². The third kappa shape index (κ3) is 4.56. The molecule has 4 N–H and O–H groups in total. The van der Waals surface area contributed by atoms with Gasteiger partial charge in [0.1, 0.15) is 0 Å². The van der Waals surface area contributed by atoms with Crippen LogP contribution in [0.15, 0.2) is 59.5 Å². The van der Waals surface area contributed by atoms with Crippen molar-refractivity contribution >= 4 is 27.3 Å². The largest absolute Gasteiger partial charge is 0.395 e. The van der Waals surface area contributed by atoms with Gasteiger partial charge in [-0.2, -0.15) is 0 Å². The van der Waals surface area contributed by atoms with E-state index in [9.17, 15) is 23.4 Å². The number of benzene rings is 2. The average Bonchev–Trinajstić information content (AvgIpc) is 2.63. The second-order valence-corrected chi connectivity index (χ2v) is 7.51. The van der Waals surface area contributed by atoms with E-state index in [2.05, 4.69) is 10.0 Å². The minimum absolute atomic E-state index is 0.147. The van der Waals surface area contributed by atoms with Crippen LogP contribution in [0.1, 0.15) is 6.92 Å².